The molecule has 0 aliphatic carbocycles. The fraction of sp³-hybridized carbons (Fsp3) is 0.296. The molecule has 0 heterocycles. The Labute approximate surface area is 207 Å². The van der Waals surface area contributed by atoms with Crippen LogP contribution in [0.1, 0.15) is 28.7 Å². The molecule has 3 aromatic rings. The van der Waals surface area contributed by atoms with Gasteiger partial charge in [0, 0.05) is 12.3 Å². The van der Waals surface area contributed by atoms with Gasteiger partial charge < -0.3 is 5.32 Å². The van der Waals surface area contributed by atoms with Gasteiger partial charge in [0.15, 0.2) is 0 Å². The minimum Gasteiger partial charge on any atom is -0.354 e. The van der Waals surface area contributed by atoms with Crippen LogP contribution in [0.15, 0.2) is 77.7 Å². The Morgan fingerprint density at radius 2 is 1.59 bits per heavy atom. The van der Waals surface area contributed by atoms with Crippen LogP contribution in [0.5, 0.6) is 0 Å². The summed E-state index contributed by atoms with van der Waals surface area (Å²) in [5, 5.41) is 2.89. The number of rotatable bonds is 11. The molecular weight excluding hydrogens is 464 g/mol. The summed E-state index contributed by atoms with van der Waals surface area (Å²) in [6, 6.07) is 22.6. The van der Waals surface area contributed by atoms with E-state index in [1.165, 1.54) is 9.87 Å². The Bertz CT molecular complexity index is 1190. The van der Waals surface area contributed by atoms with Gasteiger partial charge in [0.05, 0.1) is 10.6 Å². The molecule has 1 N–H and O–H groups in total. The molecule has 0 aliphatic rings. The zero-order valence-corrected chi connectivity index (χ0v) is 21.6. The molecule has 0 saturated carbocycles. The third kappa shape index (κ3) is 7.11. The molecule has 3 rings (SSSR count). The fourth-order valence-corrected chi connectivity index (χ4v) is 5.88. The topological polar surface area (TPSA) is 66.5 Å². The van der Waals surface area contributed by atoms with Crippen molar-refractivity contribution in [2.75, 3.05) is 23.1 Å². The maximum Gasteiger partial charge on any atom is 0.264 e. The summed E-state index contributed by atoms with van der Waals surface area (Å²) in [4.78, 5) is 13.0. The molecule has 1 amide bonds. The van der Waals surface area contributed by atoms with Gasteiger partial charge in [-0.05, 0) is 67.8 Å². The lowest BCUT2D eigenvalue weighted by Crippen LogP contribution is -2.41. The maximum atomic E-state index is 13.5. The number of nitrogens with one attached hydrogen (secondary N) is 1. The lowest BCUT2D eigenvalue weighted by molar-refractivity contribution is -0.119. The number of carbonyl (C=O) groups is 1. The molecule has 0 unspecified atom stereocenters. The van der Waals surface area contributed by atoms with E-state index in [2.05, 4.69) is 17.4 Å². The number of carbonyl (C=O) groups excluding carboxylic acids is 1. The molecule has 0 spiro atoms. The van der Waals surface area contributed by atoms with E-state index in [-0.39, 0.29) is 17.3 Å². The van der Waals surface area contributed by atoms with Crippen LogP contribution in [0.25, 0.3) is 0 Å². The summed E-state index contributed by atoms with van der Waals surface area (Å²) in [6.45, 7) is 5.91. The minimum absolute atomic E-state index is 0.170. The molecule has 0 bridgehead atoms. The SMILES string of the molecule is Cc1ccc(S(=O)(=O)N(CC(=O)NCCCSCc2ccccc2)c2cc(C)ccc2C)cc1. The van der Waals surface area contributed by atoms with Gasteiger partial charge in [-0.1, -0.05) is 60.2 Å². The number of anilines is 1. The first-order valence-electron chi connectivity index (χ1n) is 11.3. The van der Waals surface area contributed by atoms with Gasteiger partial charge in [0.1, 0.15) is 6.54 Å². The van der Waals surface area contributed by atoms with Crippen molar-refractivity contribution in [3.05, 3.63) is 95.1 Å². The van der Waals surface area contributed by atoms with Crippen molar-refractivity contribution in [3.8, 4) is 0 Å². The average Bonchev–Trinajstić information content (AvgIpc) is 2.82. The van der Waals surface area contributed by atoms with Gasteiger partial charge in [0.25, 0.3) is 10.0 Å². The van der Waals surface area contributed by atoms with E-state index in [4.69, 9.17) is 0 Å². The molecule has 3 aromatic carbocycles. The van der Waals surface area contributed by atoms with Gasteiger partial charge >= 0.3 is 0 Å². The third-order valence-corrected chi connectivity index (χ3v) is 8.32. The molecule has 5 nitrogen and oxygen atoms in total. The van der Waals surface area contributed by atoms with E-state index < -0.39 is 10.0 Å². The van der Waals surface area contributed by atoms with E-state index in [9.17, 15) is 13.2 Å². The molecule has 0 radical (unpaired) electrons. The second kappa shape index (κ2) is 12.1. The van der Waals surface area contributed by atoms with Gasteiger partial charge in [-0.2, -0.15) is 11.8 Å². The van der Waals surface area contributed by atoms with E-state index >= 15 is 0 Å². The van der Waals surface area contributed by atoms with Gasteiger partial charge in [-0.3, -0.25) is 9.10 Å². The molecule has 0 fully saturated rings. The number of sulfonamides is 1. The summed E-state index contributed by atoms with van der Waals surface area (Å²) in [7, 11) is -3.91. The lowest BCUT2D eigenvalue weighted by Gasteiger charge is -2.26. The van der Waals surface area contributed by atoms with Crippen molar-refractivity contribution in [1.29, 1.82) is 0 Å². The van der Waals surface area contributed by atoms with Crippen molar-refractivity contribution in [2.45, 2.75) is 37.8 Å². The van der Waals surface area contributed by atoms with Crippen molar-refractivity contribution in [1.82, 2.24) is 5.32 Å². The number of nitrogens with zero attached hydrogens (tertiary/aromatic N) is 1. The van der Waals surface area contributed by atoms with Gasteiger partial charge in [-0.15, -0.1) is 0 Å². The molecule has 0 saturated heterocycles. The van der Waals surface area contributed by atoms with E-state index in [0.717, 1.165) is 34.6 Å². The third-order valence-electron chi connectivity index (χ3n) is 5.43. The molecular formula is C27H32N2O3S2. The normalized spacial score (nSPS) is 11.3. The van der Waals surface area contributed by atoms with Crippen molar-refractivity contribution < 1.29 is 13.2 Å². The highest BCUT2D eigenvalue weighted by atomic mass is 32.2. The number of amides is 1. The van der Waals surface area contributed by atoms with Gasteiger partial charge in [-0.25, -0.2) is 8.42 Å². The maximum absolute atomic E-state index is 13.5. The summed E-state index contributed by atoms with van der Waals surface area (Å²) in [6.07, 6.45) is 0.817. The van der Waals surface area contributed by atoms with Crippen LogP contribution in [-0.4, -0.2) is 33.2 Å². The lowest BCUT2D eigenvalue weighted by atomic mass is 10.1. The zero-order valence-electron chi connectivity index (χ0n) is 20.0. The highest BCUT2D eigenvalue weighted by Crippen LogP contribution is 2.28. The zero-order chi connectivity index (χ0) is 24.6. The number of hydrogen-bond donors (Lipinski definition) is 1. The second-order valence-electron chi connectivity index (χ2n) is 8.36. The number of thioether (sulfide) groups is 1. The van der Waals surface area contributed by atoms with Crippen LogP contribution < -0.4 is 9.62 Å². The summed E-state index contributed by atoms with van der Waals surface area (Å²) < 4.78 is 28.3. The molecule has 0 aromatic heterocycles. The summed E-state index contributed by atoms with van der Waals surface area (Å²) >= 11 is 1.82. The summed E-state index contributed by atoms with van der Waals surface area (Å²) in [5.41, 5.74) is 4.50. The molecule has 7 heteroatoms. The Balaban J connectivity index is 1.65. The Hall–Kier alpha value is -2.77. The van der Waals surface area contributed by atoms with Crippen LogP contribution in [-0.2, 0) is 20.6 Å². The average molecular weight is 497 g/mol. The predicted octanol–water partition coefficient (Wildman–Crippen LogP) is 5.25. The molecule has 34 heavy (non-hydrogen) atoms. The van der Waals surface area contributed by atoms with Crippen molar-refractivity contribution in [2.24, 2.45) is 0 Å². The minimum atomic E-state index is -3.91. The standard InChI is InChI=1S/C27H32N2O3S2/c1-21-11-14-25(15-12-21)34(31,32)29(26-18-22(2)10-13-23(26)3)19-27(30)28-16-7-17-33-20-24-8-5-4-6-9-24/h4-6,8-15,18H,7,16-17,19-20H2,1-3H3,(H,28,30). The number of benzene rings is 3. The first-order chi connectivity index (χ1) is 16.3. The van der Waals surface area contributed by atoms with Crippen LogP contribution in [0.4, 0.5) is 5.69 Å². The van der Waals surface area contributed by atoms with E-state index in [1.54, 1.807) is 24.3 Å². The largest absolute Gasteiger partial charge is 0.354 e. The fourth-order valence-electron chi connectivity index (χ4n) is 3.48. The highest BCUT2D eigenvalue weighted by Gasteiger charge is 2.28. The smallest absolute Gasteiger partial charge is 0.264 e. The Morgan fingerprint density at radius 3 is 2.29 bits per heavy atom. The van der Waals surface area contributed by atoms with Crippen LogP contribution in [0, 0.1) is 20.8 Å². The first kappa shape index (κ1) is 25.8. The highest BCUT2D eigenvalue weighted by molar-refractivity contribution is 7.98. The van der Waals surface area contributed by atoms with E-state index in [0.29, 0.717) is 12.2 Å². The molecule has 0 aliphatic heterocycles. The van der Waals surface area contributed by atoms with Crippen LogP contribution in [0.2, 0.25) is 0 Å². The number of hydrogen-bond acceptors (Lipinski definition) is 4. The van der Waals surface area contributed by atoms with E-state index in [1.807, 2.05) is 68.9 Å². The van der Waals surface area contributed by atoms with Crippen molar-refractivity contribution >= 4 is 33.4 Å². The quantitative estimate of drug-likeness (QED) is 0.368. The Morgan fingerprint density at radius 1 is 0.912 bits per heavy atom. The molecule has 0 atom stereocenters. The molecule has 180 valence electrons. The summed E-state index contributed by atoms with van der Waals surface area (Å²) in [5.74, 6) is 1.53. The first-order valence-corrected chi connectivity index (χ1v) is 13.9. The van der Waals surface area contributed by atoms with Gasteiger partial charge in [0.2, 0.25) is 5.91 Å². The Kier molecular flexibility index (Phi) is 9.19. The predicted molar refractivity (Wildman–Crippen MR) is 142 cm³/mol. The van der Waals surface area contributed by atoms with Crippen molar-refractivity contribution in [3.63, 3.8) is 0 Å². The number of aryl methyl sites for hydroxylation is 3. The van der Waals surface area contributed by atoms with Crippen LogP contribution in [0.3, 0.4) is 0 Å². The monoisotopic (exact) mass is 496 g/mol. The second-order valence-corrected chi connectivity index (χ2v) is 11.3. The van der Waals surface area contributed by atoms with Crippen LogP contribution >= 0.6 is 11.8 Å².